The Hall–Kier alpha value is -1.26. The summed E-state index contributed by atoms with van der Waals surface area (Å²) in [5.74, 6) is 0. The molecule has 0 fully saturated rings. The average molecular weight is 207 g/mol. The van der Waals surface area contributed by atoms with E-state index in [9.17, 15) is 5.11 Å². The molecule has 4 nitrogen and oxygen atoms in total. The third kappa shape index (κ3) is 1.66. The van der Waals surface area contributed by atoms with Crippen LogP contribution < -0.4 is 10.0 Å². The second-order valence-corrected chi connectivity index (χ2v) is 3.94. The summed E-state index contributed by atoms with van der Waals surface area (Å²) in [6, 6.07) is 8.20. The number of anilines is 2. The molecule has 4 heteroatoms. The maximum absolute atomic E-state index is 9.43. The first-order chi connectivity index (χ1) is 7.11. The van der Waals surface area contributed by atoms with Gasteiger partial charge in [0.25, 0.3) is 0 Å². The molecule has 0 saturated carbocycles. The van der Waals surface area contributed by atoms with Gasteiger partial charge in [-0.2, -0.15) is 0 Å². The van der Waals surface area contributed by atoms with Gasteiger partial charge in [-0.15, -0.1) is 5.12 Å². The van der Waals surface area contributed by atoms with E-state index in [0.717, 1.165) is 0 Å². The number of hydrogen-bond donors (Lipinski definition) is 1. The first kappa shape index (κ1) is 10.3. The van der Waals surface area contributed by atoms with Crippen molar-refractivity contribution in [2.75, 3.05) is 30.7 Å². The summed E-state index contributed by atoms with van der Waals surface area (Å²) in [5.41, 5.74) is 2.33. The van der Waals surface area contributed by atoms with Crippen molar-refractivity contribution in [2.45, 2.75) is 13.0 Å². The van der Waals surface area contributed by atoms with Crippen molar-refractivity contribution in [1.29, 1.82) is 0 Å². The fourth-order valence-electron chi connectivity index (χ4n) is 1.94. The molecule has 0 amide bonds. The van der Waals surface area contributed by atoms with Crippen molar-refractivity contribution >= 4 is 11.4 Å². The molecule has 0 bridgehead atoms. The predicted octanol–water partition coefficient (Wildman–Crippen LogP) is 1.09. The lowest BCUT2D eigenvalue weighted by Crippen LogP contribution is -2.48. The Morgan fingerprint density at radius 3 is 2.00 bits per heavy atom. The van der Waals surface area contributed by atoms with Gasteiger partial charge in [-0.1, -0.05) is 12.1 Å². The van der Waals surface area contributed by atoms with Crippen molar-refractivity contribution in [3.63, 3.8) is 0 Å². The zero-order chi connectivity index (χ0) is 11.0. The predicted molar refractivity (Wildman–Crippen MR) is 61.6 cm³/mol. The Labute approximate surface area is 90.3 Å². The highest BCUT2D eigenvalue weighted by molar-refractivity contribution is 5.73. The lowest BCUT2D eigenvalue weighted by Gasteiger charge is -2.32. The highest BCUT2D eigenvalue weighted by atomic mass is 16.3. The van der Waals surface area contributed by atoms with Crippen LogP contribution in [0, 0.1) is 0 Å². The number of rotatable bonds is 2. The summed E-state index contributed by atoms with van der Waals surface area (Å²) >= 11 is 0. The van der Waals surface area contributed by atoms with E-state index in [0.29, 0.717) is 6.54 Å². The van der Waals surface area contributed by atoms with Crippen LogP contribution in [-0.2, 0) is 0 Å². The number of benzene rings is 1. The van der Waals surface area contributed by atoms with E-state index in [2.05, 4.69) is 22.2 Å². The highest BCUT2D eigenvalue weighted by Crippen LogP contribution is 2.35. The van der Waals surface area contributed by atoms with Crippen LogP contribution in [0.5, 0.6) is 0 Å². The summed E-state index contributed by atoms with van der Waals surface area (Å²) in [5, 5.41) is 15.6. The summed E-state index contributed by atoms with van der Waals surface area (Å²) < 4.78 is 0. The number of aliphatic hydroxyl groups is 1. The molecule has 0 spiro atoms. The molecule has 1 atom stereocenters. The zero-order valence-electron chi connectivity index (χ0n) is 9.38. The quantitative estimate of drug-likeness (QED) is 0.786. The molecule has 0 aliphatic carbocycles. The van der Waals surface area contributed by atoms with Gasteiger partial charge in [0.1, 0.15) is 0 Å². The van der Waals surface area contributed by atoms with Gasteiger partial charge in [0.05, 0.1) is 24.0 Å². The molecule has 1 aliphatic rings. The molecule has 0 saturated heterocycles. The van der Waals surface area contributed by atoms with Crippen LogP contribution in [0.3, 0.4) is 0 Å². The van der Waals surface area contributed by atoms with E-state index in [1.807, 2.05) is 31.3 Å². The smallest absolute Gasteiger partial charge is 0.0784 e. The number of hydrogen-bond acceptors (Lipinski definition) is 4. The van der Waals surface area contributed by atoms with Crippen molar-refractivity contribution in [1.82, 2.24) is 5.12 Å². The Morgan fingerprint density at radius 2 is 1.60 bits per heavy atom. The Balaban J connectivity index is 2.28. The average Bonchev–Trinajstić information content (AvgIpc) is 2.44. The number of β-amino-alcohol motifs (C(OH)–C–C–N with tert-alkyl or cyclic N) is 1. The second kappa shape index (κ2) is 3.72. The van der Waals surface area contributed by atoms with Crippen LogP contribution in [0.15, 0.2) is 24.3 Å². The lowest BCUT2D eigenvalue weighted by molar-refractivity contribution is 0.124. The number of fused-ring (bicyclic) bond motifs is 1. The molecule has 1 aromatic carbocycles. The summed E-state index contributed by atoms with van der Waals surface area (Å²) in [7, 11) is 4.01. The summed E-state index contributed by atoms with van der Waals surface area (Å²) in [4.78, 5) is 0. The minimum Gasteiger partial charge on any atom is -0.392 e. The van der Waals surface area contributed by atoms with E-state index < -0.39 is 0 Å². The maximum Gasteiger partial charge on any atom is 0.0784 e. The first-order valence-corrected chi connectivity index (χ1v) is 5.13. The first-order valence-electron chi connectivity index (χ1n) is 5.13. The molecule has 0 aromatic heterocycles. The van der Waals surface area contributed by atoms with Gasteiger partial charge in [0.2, 0.25) is 0 Å². The Kier molecular flexibility index (Phi) is 2.54. The molecule has 1 unspecified atom stereocenters. The molecule has 1 aliphatic heterocycles. The van der Waals surface area contributed by atoms with Crippen molar-refractivity contribution in [3.05, 3.63) is 24.3 Å². The van der Waals surface area contributed by atoms with Gasteiger partial charge in [-0.05, 0) is 19.1 Å². The van der Waals surface area contributed by atoms with Crippen LogP contribution in [0.25, 0.3) is 0 Å². The van der Waals surface area contributed by atoms with E-state index in [-0.39, 0.29) is 6.10 Å². The van der Waals surface area contributed by atoms with Gasteiger partial charge in [-0.25, -0.2) is 0 Å². The van der Waals surface area contributed by atoms with Gasteiger partial charge < -0.3 is 5.11 Å². The largest absolute Gasteiger partial charge is 0.392 e. The Morgan fingerprint density at radius 1 is 1.13 bits per heavy atom. The Bertz CT molecular complexity index is 324. The summed E-state index contributed by atoms with van der Waals surface area (Å²) in [6.07, 6.45) is -0.343. The van der Waals surface area contributed by atoms with Crippen LogP contribution in [0.2, 0.25) is 0 Å². The minimum absolute atomic E-state index is 0.343. The molecule has 1 N–H and O–H groups in total. The molecule has 0 radical (unpaired) electrons. The zero-order valence-corrected chi connectivity index (χ0v) is 9.38. The normalized spacial score (nSPS) is 18.1. The van der Waals surface area contributed by atoms with Gasteiger partial charge in [0, 0.05) is 14.1 Å². The molecular weight excluding hydrogens is 190 g/mol. The van der Waals surface area contributed by atoms with Crippen LogP contribution in [0.4, 0.5) is 11.4 Å². The fourth-order valence-corrected chi connectivity index (χ4v) is 1.94. The number of nitrogens with zero attached hydrogens (tertiary/aromatic N) is 3. The molecule has 1 heterocycles. The SMILES string of the molecule is CC(O)CN1N(C)c2ccccc2N1C. The number of aliphatic hydroxyl groups excluding tert-OH is 1. The third-order valence-electron chi connectivity index (χ3n) is 2.70. The highest BCUT2D eigenvalue weighted by Gasteiger charge is 2.29. The molecule has 2 rings (SSSR count). The monoisotopic (exact) mass is 207 g/mol. The van der Waals surface area contributed by atoms with Gasteiger partial charge in [0.15, 0.2) is 0 Å². The van der Waals surface area contributed by atoms with Crippen molar-refractivity contribution < 1.29 is 5.11 Å². The van der Waals surface area contributed by atoms with Crippen LogP contribution >= 0.6 is 0 Å². The van der Waals surface area contributed by atoms with E-state index in [1.54, 1.807) is 6.92 Å². The van der Waals surface area contributed by atoms with Crippen LogP contribution in [0.1, 0.15) is 6.92 Å². The van der Waals surface area contributed by atoms with E-state index >= 15 is 0 Å². The van der Waals surface area contributed by atoms with Crippen LogP contribution in [-0.4, -0.2) is 37.0 Å². The maximum atomic E-state index is 9.43. The number of para-hydroxylation sites is 2. The third-order valence-corrected chi connectivity index (χ3v) is 2.70. The fraction of sp³-hybridized carbons (Fsp3) is 0.455. The van der Waals surface area contributed by atoms with E-state index in [1.165, 1.54) is 11.4 Å². The lowest BCUT2D eigenvalue weighted by atomic mass is 10.3. The van der Waals surface area contributed by atoms with Gasteiger partial charge >= 0.3 is 0 Å². The molecule has 82 valence electrons. The standard InChI is InChI=1S/C11H17N3O/c1-9(15)8-14-12(2)10-6-4-5-7-11(10)13(14)3/h4-7,9,15H,8H2,1-3H3. The molecular formula is C11H17N3O. The van der Waals surface area contributed by atoms with Crippen molar-refractivity contribution in [2.24, 2.45) is 0 Å². The molecule has 15 heavy (non-hydrogen) atoms. The van der Waals surface area contributed by atoms with Gasteiger partial charge in [-0.3, -0.25) is 10.0 Å². The minimum atomic E-state index is -0.343. The molecule has 1 aromatic rings. The van der Waals surface area contributed by atoms with E-state index in [4.69, 9.17) is 0 Å². The second-order valence-electron chi connectivity index (χ2n) is 3.94. The number of hydrazine groups is 2. The topological polar surface area (TPSA) is 30.0 Å². The van der Waals surface area contributed by atoms with Crippen molar-refractivity contribution in [3.8, 4) is 0 Å². The summed E-state index contributed by atoms with van der Waals surface area (Å²) in [6.45, 7) is 2.40.